The van der Waals surface area contributed by atoms with E-state index in [2.05, 4.69) is 20.5 Å². The first-order valence-electron chi connectivity index (χ1n) is 12.2. The lowest BCUT2D eigenvalue weighted by Crippen LogP contribution is -2.17. The van der Waals surface area contributed by atoms with Crippen molar-refractivity contribution in [3.05, 3.63) is 70.4 Å². The Labute approximate surface area is 223 Å². The quantitative estimate of drug-likeness (QED) is 0.236. The highest BCUT2D eigenvalue weighted by Gasteiger charge is 2.27. The second-order valence-corrected chi connectivity index (χ2v) is 10.7. The van der Waals surface area contributed by atoms with E-state index in [-0.39, 0.29) is 17.6 Å². The number of benzene rings is 1. The van der Waals surface area contributed by atoms with Crippen LogP contribution in [0.4, 0.5) is 5.00 Å². The Bertz CT molecular complexity index is 1410. The number of esters is 1. The lowest BCUT2D eigenvalue weighted by molar-refractivity contribution is -0.113. The van der Waals surface area contributed by atoms with Crippen molar-refractivity contribution in [2.45, 2.75) is 44.7 Å². The minimum atomic E-state index is -0.369. The molecule has 0 radical (unpaired) electrons. The van der Waals surface area contributed by atoms with Crippen molar-refractivity contribution in [2.75, 3.05) is 17.7 Å². The van der Waals surface area contributed by atoms with Crippen molar-refractivity contribution in [1.82, 2.24) is 19.7 Å². The Balaban J connectivity index is 1.38. The number of thiophene rings is 1. The first kappa shape index (κ1) is 25.2. The molecule has 10 heteroatoms. The molecule has 5 rings (SSSR count). The summed E-state index contributed by atoms with van der Waals surface area (Å²) in [4.78, 5) is 31.0. The smallest absolute Gasteiger partial charge is 0.341 e. The Hall–Kier alpha value is -3.50. The predicted molar refractivity (Wildman–Crippen MR) is 146 cm³/mol. The van der Waals surface area contributed by atoms with Crippen LogP contribution in [0.1, 0.15) is 46.1 Å². The minimum absolute atomic E-state index is 0.116. The third kappa shape index (κ3) is 5.45. The molecule has 37 heavy (non-hydrogen) atoms. The zero-order valence-corrected chi connectivity index (χ0v) is 22.3. The highest BCUT2D eigenvalue weighted by atomic mass is 32.2. The molecule has 0 atom stereocenters. The third-order valence-electron chi connectivity index (χ3n) is 6.10. The zero-order chi connectivity index (χ0) is 25.8. The number of hydrogen-bond acceptors (Lipinski definition) is 8. The van der Waals surface area contributed by atoms with Crippen LogP contribution in [0.2, 0.25) is 0 Å². The molecule has 4 aromatic rings. The van der Waals surface area contributed by atoms with E-state index in [1.807, 2.05) is 47.9 Å². The fourth-order valence-electron chi connectivity index (χ4n) is 4.34. The molecule has 3 aromatic heterocycles. The number of nitrogens with zero attached hydrogens (tertiary/aromatic N) is 4. The van der Waals surface area contributed by atoms with E-state index in [1.165, 1.54) is 28.0 Å². The molecule has 0 spiro atoms. The molecule has 0 bridgehead atoms. The maximum Gasteiger partial charge on any atom is 0.341 e. The predicted octanol–water partition coefficient (Wildman–Crippen LogP) is 5.49. The van der Waals surface area contributed by atoms with Crippen molar-refractivity contribution >= 4 is 40.0 Å². The number of nitrogens with one attached hydrogen (secondary N) is 1. The molecule has 1 N–H and O–H groups in total. The van der Waals surface area contributed by atoms with Gasteiger partial charge in [-0.25, -0.2) is 4.79 Å². The molecule has 1 aliphatic carbocycles. The van der Waals surface area contributed by atoms with Crippen molar-refractivity contribution in [1.29, 1.82) is 0 Å². The van der Waals surface area contributed by atoms with Gasteiger partial charge in [0.05, 0.1) is 17.9 Å². The van der Waals surface area contributed by atoms with Gasteiger partial charge in [0.2, 0.25) is 5.91 Å². The zero-order valence-electron chi connectivity index (χ0n) is 20.7. The van der Waals surface area contributed by atoms with Crippen molar-refractivity contribution in [3.8, 4) is 17.1 Å². The van der Waals surface area contributed by atoms with Crippen molar-refractivity contribution in [2.24, 2.45) is 0 Å². The average Bonchev–Trinajstić information content (AvgIpc) is 3.50. The van der Waals surface area contributed by atoms with Crippen LogP contribution in [-0.2, 0) is 22.4 Å². The average molecular weight is 534 g/mol. The number of ether oxygens (including phenoxy) is 1. The number of rotatable bonds is 8. The van der Waals surface area contributed by atoms with Crippen LogP contribution in [0.3, 0.4) is 0 Å². The fourth-order valence-corrected chi connectivity index (χ4v) is 6.39. The first-order valence-corrected chi connectivity index (χ1v) is 14.0. The van der Waals surface area contributed by atoms with Crippen LogP contribution in [0, 0.1) is 6.92 Å². The summed E-state index contributed by atoms with van der Waals surface area (Å²) in [6.45, 7) is 4.11. The standard InChI is InChI=1S/C27H27N5O3S2/c1-3-35-26(34)23-20-6-4-5-7-21(20)37-25(23)29-22(33)16-36-27-31-30-24(18-12-14-28-15-13-18)32(27)19-10-8-17(2)9-11-19/h8-15H,3-7,16H2,1-2H3,(H,29,33). The van der Waals surface area contributed by atoms with E-state index in [0.29, 0.717) is 28.2 Å². The summed E-state index contributed by atoms with van der Waals surface area (Å²) in [5, 5.41) is 13.0. The molecule has 1 aromatic carbocycles. The lowest BCUT2D eigenvalue weighted by atomic mass is 9.95. The normalized spacial score (nSPS) is 12.7. The monoisotopic (exact) mass is 533 g/mol. The molecule has 1 amide bonds. The summed E-state index contributed by atoms with van der Waals surface area (Å²) in [6.07, 6.45) is 7.31. The number of thioether (sulfide) groups is 1. The Kier molecular flexibility index (Phi) is 7.66. The van der Waals surface area contributed by atoms with E-state index >= 15 is 0 Å². The SMILES string of the molecule is CCOC(=O)c1c(NC(=O)CSc2nnc(-c3ccncc3)n2-c2ccc(C)cc2)sc2c1CCCC2. The summed E-state index contributed by atoms with van der Waals surface area (Å²) in [5.74, 6) is 0.208. The molecule has 0 aliphatic heterocycles. The van der Waals surface area contributed by atoms with Crippen molar-refractivity contribution < 1.29 is 14.3 Å². The van der Waals surface area contributed by atoms with E-state index in [0.717, 1.165) is 48.1 Å². The molecule has 3 heterocycles. The second kappa shape index (κ2) is 11.3. The number of amides is 1. The molecule has 0 saturated carbocycles. The van der Waals surface area contributed by atoms with Gasteiger partial charge >= 0.3 is 5.97 Å². The molecule has 0 saturated heterocycles. The third-order valence-corrected chi connectivity index (χ3v) is 8.24. The molecular weight excluding hydrogens is 506 g/mol. The molecule has 1 aliphatic rings. The van der Waals surface area contributed by atoms with Crippen LogP contribution in [0.15, 0.2) is 53.9 Å². The van der Waals surface area contributed by atoms with Gasteiger partial charge < -0.3 is 10.1 Å². The number of carbonyl (C=O) groups is 2. The molecule has 8 nitrogen and oxygen atoms in total. The topological polar surface area (TPSA) is 99.0 Å². The summed E-state index contributed by atoms with van der Waals surface area (Å²) in [6, 6.07) is 11.8. The number of aryl methyl sites for hydroxylation is 2. The van der Waals surface area contributed by atoms with Crippen LogP contribution in [-0.4, -0.2) is 44.0 Å². The Morgan fingerprint density at radius 2 is 1.84 bits per heavy atom. The van der Waals surface area contributed by atoms with Gasteiger partial charge in [-0.3, -0.25) is 14.3 Å². The first-order chi connectivity index (χ1) is 18.0. The summed E-state index contributed by atoms with van der Waals surface area (Å²) in [5.41, 5.74) is 4.47. The van der Waals surface area contributed by atoms with Gasteiger partial charge in [0, 0.05) is 28.5 Å². The maximum atomic E-state index is 13.1. The number of carbonyl (C=O) groups excluding carboxylic acids is 2. The van der Waals surface area contributed by atoms with Gasteiger partial charge in [-0.2, -0.15) is 0 Å². The van der Waals surface area contributed by atoms with Gasteiger partial charge in [-0.1, -0.05) is 29.5 Å². The van der Waals surface area contributed by atoms with Crippen LogP contribution in [0.5, 0.6) is 0 Å². The summed E-state index contributed by atoms with van der Waals surface area (Å²) >= 11 is 2.79. The van der Waals surface area contributed by atoms with Gasteiger partial charge in [-0.15, -0.1) is 21.5 Å². The Morgan fingerprint density at radius 3 is 2.59 bits per heavy atom. The van der Waals surface area contributed by atoms with E-state index < -0.39 is 0 Å². The van der Waals surface area contributed by atoms with E-state index in [4.69, 9.17) is 4.74 Å². The highest BCUT2D eigenvalue weighted by Crippen LogP contribution is 2.39. The van der Waals surface area contributed by atoms with Gasteiger partial charge in [0.25, 0.3) is 0 Å². The Morgan fingerprint density at radius 1 is 1.08 bits per heavy atom. The van der Waals surface area contributed by atoms with Gasteiger partial charge in [-0.05, 0) is 69.4 Å². The molecule has 190 valence electrons. The van der Waals surface area contributed by atoms with Gasteiger partial charge in [0.1, 0.15) is 5.00 Å². The number of fused-ring (bicyclic) bond motifs is 1. The maximum absolute atomic E-state index is 13.1. The second-order valence-electron chi connectivity index (χ2n) is 8.69. The molecule has 0 unspecified atom stereocenters. The van der Waals surface area contributed by atoms with Crippen LogP contribution < -0.4 is 5.32 Å². The van der Waals surface area contributed by atoms with Crippen molar-refractivity contribution in [3.63, 3.8) is 0 Å². The van der Waals surface area contributed by atoms with E-state index in [9.17, 15) is 9.59 Å². The lowest BCUT2D eigenvalue weighted by Gasteiger charge is -2.12. The fraction of sp³-hybridized carbons (Fsp3) is 0.296. The van der Waals surface area contributed by atoms with Gasteiger partial charge in [0.15, 0.2) is 11.0 Å². The number of pyridine rings is 1. The summed E-state index contributed by atoms with van der Waals surface area (Å²) < 4.78 is 7.25. The number of hydrogen-bond donors (Lipinski definition) is 1. The highest BCUT2D eigenvalue weighted by molar-refractivity contribution is 7.99. The van der Waals surface area contributed by atoms with Crippen LogP contribution >= 0.6 is 23.1 Å². The number of anilines is 1. The molecule has 0 fully saturated rings. The van der Waals surface area contributed by atoms with E-state index in [1.54, 1.807) is 19.3 Å². The number of aromatic nitrogens is 4. The minimum Gasteiger partial charge on any atom is -0.462 e. The van der Waals surface area contributed by atoms with Crippen LogP contribution in [0.25, 0.3) is 17.1 Å². The molecular formula is C27H27N5O3S2. The largest absolute Gasteiger partial charge is 0.462 e. The summed E-state index contributed by atoms with van der Waals surface area (Å²) in [7, 11) is 0.